The SMILES string of the molecule is CCOC(=O)[C@H]1CCCCN1C(=O)CSc1nc2ccccc2n1C. The van der Waals surface area contributed by atoms with E-state index in [1.807, 2.05) is 35.9 Å². The van der Waals surface area contributed by atoms with Crippen LogP contribution in [0, 0.1) is 0 Å². The Hall–Kier alpha value is -2.02. The minimum Gasteiger partial charge on any atom is -0.464 e. The summed E-state index contributed by atoms with van der Waals surface area (Å²) in [7, 11) is 1.95. The van der Waals surface area contributed by atoms with Crippen LogP contribution in [0.5, 0.6) is 0 Å². The average molecular weight is 361 g/mol. The molecule has 7 heteroatoms. The van der Waals surface area contributed by atoms with E-state index >= 15 is 0 Å². The van der Waals surface area contributed by atoms with Gasteiger partial charge in [0, 0.05) is 13.6 Å². The molecular formula is C18H23N3O3S. The second kappa shape index (κ2) is 7.91. The topological polar surface area (TPSA) is 64.4 Å². The zero-order valence-corrected chi connectivity index (χ0v) is 15.4. The first-order chi connectivity index (χ1) is 12.1. The fourth-order valence-corrected chi connectivity index (χ4v) is 4.05. The van der Waals surface area contributed by atoms with Crippen molar-refractivity contribution >= 4 is 34.7 Å². The maximum Gasteiger partial charge on any atom is 0.328 e. The molecule has 1 aliphatic heterocycles. The predicted molar refractivity (Wildman–Crippen MR) is 97.4 cm³/mol. The number of imidazole rings is 1. The quantitative estimate of drug-likeness (QED) is 0.605. The van der Waals surface area contributed by atoms with Gasteiger partial charge < -0.3 is 14.2 Å². The Kier molecular flexibility index (Phi) is 5.63. The van der Waals surface area contributed by atoms with E-state index in [9.17, 15) is 9.59 Å². The lowest BCUT2D eigenvalue weighted by atomic mass is 10.0. The Labute approximate surface area is 151 Å². The van der Waals surface area contributed by atoms with E-state index in [0.29, 0.717) is 19.6 Å². The highest BCUT2D eigenvalue weighted by molar-refractivity contribution is 7.99. The van der Waals surface area contributed by atoms with Crippen LogP contribution in [0.25, 0.3) is 11.0 Å². The van der Waals surface area contributed by atoms with Crippen molar-refractivity contribution in [3.8, 4) is 0 Å². The summed E-state index contributed by atoms with van der Waals surface area (Å²) in [5.74, 6) is -0.0503. The van der Waals surface area contributed by atoms with E-state index in [4.69, 9.17) is 4.74 Å². The number of hydrogen-bond donors (Lipinski definition) is 0. The third kappa shape index (κ3) is 3.81. The van der Waals surface area contributed by atoms with Crippen LogP contribution in [0.2, 0.25) is 0 Å². The van der Waals surface area contributed by atoms with Gasteiger partial charge in [0.2, 0.25) is 5.91 Å². The maximum atomic E-state index is 12.7. The number of likely N-dealkylation sites (tertiary alicyclic amines) is 1. The van der Waals surface area contributed by atoms with Crippen molar-refractivity contribution in [2.75, 3.05) is 18.9 Å². The number of aromatic nitrogens is 2. The van der Waals surface area contributed by atoms with Crippen molar-refractivity contribution in [1.29, 1.82) is 0 Å². The van der Waals surface area contributed by atoms with Gasteiger partial charge in [-0.05, 0) is 38.3 Å². The Bertz CT molecular complexity index is 774. The first kappa shape index (κ1) is 17.8. The van der Waals surface area contributed by atoms with Crippen LogP contribution in [-0.2, 0) is 21.4 Å². The van der Waals surface area contributed by atoms with Gasteiger partial charge in [-0.2, -0.15) is 0 Å². The summed E-state index contributed by atoms with van der Waals surface area (Å²) in [6, 6.07) is 7.45. The van der Waals surface area contributed by atoms with Gasteiger partial charge in [0.05, 0.1) is 23.4 Å². The molecule has 3 rings (SSSR count). The number of thioether (sulfide) groups is 1. The van der Waals surface area contributed by atoms with Crippen LogP contribution in [0.4, 0.5) is 0 Å². The molecule has 1 saturated heterocycles. The molecule has 0 spiro atoms. The fourth-order valence-electron chi connectivity index (χ4n) is 3.18. The van der Waals surface area contributed by atoms with Crippen LogP contribution >= 0.6 is 11.8 Å². The number of aryl methyl sites for hydroxylation is 1. The first-order valence-electron chi connectivity index (χ1n) is 8.62. The highest BCUT2D eigenvalue weighted by atomic mass is 32.2. The Morgan fingerprint density at radius 2 is 2.12 bits per heavy atom. The summed E-state index contributed by atoms with van der Waals surface area (Å²) in [5, 5.41) is 0.805. The van der Waals surface area contributed by atoms with E-state index in [2.05, 4.69) is 4.98 Å². The lowest BCUT2D eigenvalue weighted by Gasteiger charge is -2.33. The number of amides is 1. The zero-order chi connectivity index (χ0) is 17.8. The number of rotatable bonds is 5. The second-order valence-corrected chi connectivity index (χ2v) is 7.02. The molecule has 0 unspecified atom stereocenters. The van der Waals surface area contributed by atoms with Crippen LogP contribution in [-0.4, -0.2) is 51.3 Å². The largest absolute Gasteiger partial charge is 0.464 e. The van der Waals surface area contributed by atoms with Gasteiger partial charge >= 0.3 is 5.97 Å². The summed E-state index contributed by atoms with van der Waals surface area (Å²) >= 11 is 1.41. The molecule has 1 aromatic carbocycles. The molecule has 1 aliphatic rings. The number of piperidine rings is 1. The molecule has 1 amide bonds. The van der Waals surface area contributed by atoms with Crippen LogP contribution in [0.1, 0.15) is 26.2 Å². The van der Waals surface area contributed by atoms with Gasteiger partial charge in [-0.3, -0.25) is 4.79 Å². The molecule has 0 N–H and O–H groups in total. The summed E-state index contributed by atoms with van der Waals surface area (Å²) in [6.45, 7) is 2.74. The molecule has 0 aliphatic carbocycles. The van der Waals surface area contributed by atoms with Gasteiger partial charge in [0.15, 0.2) is 5.16 Å². The van der Waals surface area contributed by atoms with Gasteiger partial charge in [0.1, 0.15) is 6.04 Å². The number of hydrogen-bond acceptors (Lipinski definition) is 5. The lowest BCUT2D eigenvalue weighted by molar-refractivity contribution is -0.155. The van der Waals surface area contributed by atoms with Crippen LogP contribution in [0.15, 0.2) is 29.4 Å². The number of carbonyl (C=O) groups is 2. The van der Waals surface area contributed by atoms with Gasteiger partial charge in [-0.15, -0.1) is 0 Å². The number of nitrogens with zero attached hydrogens (tertiary/aromatic N) is 3. The normalized spacial score (nSPS) is 17.7. The number of para-hydroxylation sites is 2. The molecule has 0 saturated carbocycles. The van der Waals surface area contributed by atoms with Crippen molar-refractivity contribution in [2.24, 2.45) is 7.05 Å². The molecule has 2 heterocycles. The molecular weight excluding hydrogens is 338 g/mol. The second-order valence-electron chi connectivity index (χ2n) is 6.08. The summed E-state index contributed by atoms with van der Waals surface area (Å²) < 4.78 is 7.12. The molecule has 1 aromatic heterocycles. The molecule has 0 bridgehead atoms. The van der Waals surface area contributed by atoms with Gasteiger partial charge in [-0.25, -0.2) is 9.78 Å². The Morgan fingerprint density at radius 3 is 2.88 bits per heavy atom. The van der Waals surface area contributed by atoms with Crippen LogP contribution < -0.4 is 0 Å². The predicted octanol–water partition coefficient (Wildman–Crippen LogP) is 2.61. The lowest BCUT2D eigenvalue weighted by Crippen LogP contribution is -2.49. The summed E-state index contributed by atoms with van der Waals surface area (Å²) in [5.41, 5.74) is 1.96. The number of benzene rings is 1. The number of esters is 1. The molecule has 2 aromatic rings. The highest BCUT2D eigenvalue weighted by Crippen LogP contribution is 2.25. The average Bonchev–Trinajstić information content (AvgIpc) is 2.96. The molecule has 0 radical (unpaired) electrons. The standard InChI is InChI=1S/C18H23N3O3S/c1-3-24-17(23)15-10-6-7-11-21(15)16(22)12-25-18-19-13-8-4-5-9-14(13)20(18)2/h4-5,8-9,15H,3,6-7,10-12H2,1-2H3/t15-/m1/s1. The van der Waals surface area contributed by atoms with E-state index in [1.165, 1.54) is 11.8 Å². The van der Waals surface area contributed by atoms with Gasteiger partial charge in [0.25, 0.3) is 0 Å². The molecule has 25 heavy (non-hydrogen) atoms. The Morgan fingerprint density at radius 1 is 1.32 bits per heavy atom. The van der Waals surface area contributed by atoms with Gasteiger partial charge in [-0.1, -0.05) is 23.9 Å². The van der Waals surface area contributed by atoms with Crippen LogP contribution in [0.3, 0.4) is 0 Å². The monoisotopic (exact) mass is 361 g/mol. The number of carbonyl (C=O) groups excluding carboxylic acids is 2. The first-order valence-corrected chi connectivity index (χ1v) is 9.60. The third-order valence-electron chi connectivity index (χ3n) is 4.45. The third-order valence-corrected chi connectivity index (χ3v) is 5.47. The Balaban J connectivity index is 1.68. The zero-order valence-electron chi connectivity index (χ0n) is 14.6. The van der Waals surface area contributed by atoms with E-state index in [1.54, 1.807) is 11.8 Å². The van der Waals surface area contributed by atoms with E-state index < -0.39 is 6.04 Å². The van der Waals surface area contributed by atoms with E-state index in [0.717, 1.165) is 29.0 Å². The van der Waals surface area contributed by atoms with Crippen molar-refractivity contribution in [3.05, 3.63) is 24.3 Å². The summed E-state index contributed by atoms with van der Waals surface area (Å²) in [6.07, 6.45) is 2.56. The molecule has 1 fully saturated rings. The smallest absolute Gasteiger partial charge is 0.328 e. The fraction of sp³-hybridized carbons (Fsp3) is 0.500. The highest BCUT2D eigenvalue weighted by Gasteiger charge is 2.33. The van der Waals surface area contributed by atoms with E-state index in [-0.39, 0.29) is 17.6 Å². The molecule has 134 valence electrons. The summed E-state index contributed by atoms with van der Waals surface area (Å²) in [4.78, 5) is 31.1. The van der Waals surface area contributed by atoms with Crippen molar-refractivity contribution in [2.45, 2.75) is 37.4 Å². The number of fused-ring (bicyclic) bond motifs is 1. The maximum absolute atomic E-state index is 12.7. The molecule has 1 atom stereocenters. The van der Waals surface area contributed by atoms with Crippen molar-refractivity contribution in [3.63, 3.8) is 0 Å². The molecule has 6 nitrogen and oxygen atoms in total. The van der Waals surface area contributed by atoms with Crippen molar-refractivity contribution in [1.82, 2.24) is 14.5 Å². The number of ether oxygens (including phenoxy) is 1. The minimum absolute atomic E-state index is 0.0326. The van der Waals surface area contributed by atoms with Crippen molar-refractivity contribution < 1.29 is 14.3 Å². The minimum atomic E-state index is -0.442.